The second-order valence-corrected chi connectivity index (χ2v) is 7.18. The van der Waals surface area contributed by atoms with Gasteiger partial charge in [-0.05, 0) is 24.3 Å². The number of thiazole rings is 1. The molecule has 0 aliphatic rings. The number of anilines is 3. The summed E-state index contributed by atoms with van der Waals surface area (Å²) < 4.78 is 0. The number of carbonyl (C=O) groups excluding carboxylic acids is 1. The van der Waals surface area contributed by atoms with Crippen LogP contribution in [-0.4, -0.2) is 25.9 Å². The van der Waals surface area contributed by atoms with Crippen LogP contribution >= 0.6 is 11.3 Å². The topological polar surface area (TPSA) is 149 Å². The van der Waals surface area contributed by atoms with Gasteiger partial charge < -0.3 is 16.4 Å². The monoisotopic (exact) mass is 433 g/mol. The molecule has 0 spiro atoms. The third-order valence-corrected chi connectivity index (χ3v) is 5.11. The summed E-state index contributed by atoms with van der Waals surface area (Å²) in [5.74, 6) is 0.356. The number of nitrogens with zero attached hydrogens (tertiary/aromatic N) is 4. The number of non-ortho nitro benzene ring substituents is 1. The summed E-state index contributed by atoms with van der Waals surface area (Å²) >= 11 is 1.42. The highest BCUT2D eigenvalue weighted by Crippen LogP contribution is 2.31. The Hall–Kier alpha value is -4.38. The molecule has 0 saturated heterocycles. The molecule has 2 heterocycles. The normalized spacial score (nSPS) is 10.5. The van der Waals surface area contributed by atoms with E-state index in [-0.39, 0.29) is 5.69 Å². The highest BCUT2D eigenvalue weighted by atomic mass is 32.1. The van der Waals surface area contributed by atoms with Gasteiger partial charge in [-0.25, -0.2) is 19.7 Å². The number of benzene rings is 2. The summed E-state index contributed by atoms with van der Waals surface area (Å²) in [6, 6.07) is 12.3. The molecule has 2 aromatic heterocycles. The number of hydrogen-bond donors (Lipinski definition) is 3. The molecule has 4 N–H and O–H groups in total. The fourth-order valence-electron chi connectivity index (χ4n) is 2.75. The highest BCUT2D eigenvalue weighted by molar-refractivity contribution is 7.13. The smallest absolute Gasteiger partial charge is 0.323 e. The van der Waals surface area contributed by atoms with E-state index < -0.39 is 11.0 Å². The van der Waals surface area contributed by atoms with Crippen molar-refractivity contribution in [2.45, 2.75) is 0 Å². The van der Waals surface area contributed by atoms with Crippen molar-refractivity contribution in [1.82, 2.24) is 15.0 Å². The van der Waals surface area contributed by atoms with Crippen LogP contribution in [0.3, 0.4) is 0 Å². The van der Waals surface area contributed by atoms with Gasteiger partial charge in [0.05, 0.1) is 16.2 Å². The lowest BCUT2D eigenvalue weighted by Gasteiger charge is -2.08. The lowest BCUT2D eigenvalue weighted by Crippen LogP contribution is -2.19. The van der Waals surface area contributed by atoms with Crippen molar-refractivity contribution in [2.24, 2.45) is 0 Å². The first-order valence-electron chi connectivity index (χ1n) is 8.94. The number of nitro benzene ring substituents is 1. The first-order chi connectivity index (χ1) is 15.0. The van der Waals surface area contributed by atoms with Gasteiger partial charge in [0.25, 0.3) is 5.69 Å². The molecule has 0 fully saturated rings. The minimum absolute atomic E-state index is 0.0508. The molecule has 2 amide bonds. The number of nitrogens with one attached hydrogen (secondary N) is 2. The largest absolute Gasteiger partial charge is 0.383 e. The zero-order valence-corrected chi connectivity index (χ0v) is 16.7. The van der Waals surface area contributed by atoms with Gasteiger partial charge >= 0.3 is 6.03 Å². The molecule has 0 aliphatic heterocycles. The van der Waals surface area contributed by atoms with Gasteiger partial charge in [-0.3, -0.25) is 10.1 Å². The Morgan fingerprint density at radius 2 is 1.87 bits per heavy atom. The minimum atomic E-state index is -0.502. The van der Waals surface area contributed by atoms with Crippen LogP contribution in [0.1, 0.15) is 0 Å². The third-order valence-electron chi connectivity index (χ3n) is 4.23. The third kappa shape index (κ3) is 4.62. The van der Waals surface area contributed by atoms with E-state index in [2.05, 4.69) is 25.6 Å². The SMILES string of the molecule is Nc1ncncc1-c1nc(-c2cccc(NC(=O)Nc3ccc([N+](=O)[O-])cc3)c2)cs1. The Kier molecular flexibility index (Phi) is 5.49. The maximum Gasteiger partial charge on any atom is 0.323 e. The molecule has 154 valence electrons. The van der Waals surface area contributed by atoms with Crippen LogP contribution in [0.15, 0.2) is 66.4 Å². The standard InChI is InChI=1S/C20H15N7O3S/c21-18-16(9-22-11-23-18)19-26-17(10-31-19)12-2-1-3-14(8-12)25-20(28)24-13-4-6-15(7-5-13)27(29)30/h1-11H,(H2,21,22,23)(H2,24,25,28). The number of urea groups is 1. The Morgan fingerprint density at radius 1 is 1.10 bits per heavy atom. The number of rotatable bonds is 5. The number of amides is 2. The molecule has 0 aliphatic carbocycles. The maximum absolute atomic E-state index is 12.3. The number of nitro groups is 1. The van der Waals surface area contributed by atoms with Gasteiger partial charge in [0.1, 0.15) is 17.2 Å². The fourth-order valence-corrected chi connectivity index (χ4v) is 3.60. The van der Waals surface area contributed by atoms with E-state index in [0.717, 1.165) is 11.3 Å². The zero-order chi connectivity index (χ0) is 21.8. The first-order valence-corrected chi connectivity index (χ1v) is 9.82. The predicted octanol–water partition coefficient (Wildman–Crippen LogP) is 4.40. The highest BCUT2D eigenvalue weighted by Gasteiger charge is 2.12. The van der Waals surface area contributed by atoms with E-state index in [1.165, 1.54) is 41.9 Å². The molecule has 10 nitrogen and oxygen atoms in total. The van der Waals surface area contributed by atoms with Gasteiger partial charge in [0.15, 0.2) is 0 Å². The zero-order valence-electron chi connectivity index (χ0n) is 15.9. The van der Waals surface area contributed by atoms with Gasteiger partial charge in [-0.2, -0.15) is 0 Å². The van der Waals surface area contributed by atoms with Crippen molar-refractivity contribution in [2.75, 3.05) is 16.4 Å². The van der Waals surface area contributed by atoms with Crippen molar-refractivity contribution in [3.63, 3.8) is 0 Å². The van der Waals surface area contributed by atoms with Crippen LogP contribution in [0.4, 0.5) is 27.7 Å². The van der Waals surface area contributed by atoms with Gasteiger partial charge in [-0.1, -0.05) is 12.1 Å². The van der Waals surface area contributed by atoms with Crippen LogP contribution in [0, 0.1) is 10.1 Å². The van der Waals surface area contributed by atoms with E-state index in [1.54, 1.807) is 24.4 Å². The van der Waals surface area contributed by atoms with E-state index in [9.17, 15) is 14.9 Å². The summed E-state index contributed by atoms with van der Waals surface area (Å²) in [4.78, 5) is 35.0. The molecular weight excluding hydrogens is 418 g/mol. The average molecular weight is 433 g/mol. The van der Waals surface area contributed by atoms with Crippen LogP contribution in [0.25, 0.3) is 21.8 Å². The summed E-state index contributed by atoms with van der Waals surface area (Å²) in [5.41, 5.74) is 9.04. The lowest BCUT2D eigenvalue weighted by molar-refractivity contribution is -0.384. The van der Waals surface area contributed by atoms with E-state index in [1.807, 2.05) is 11.4 Å². The average Bonchev–Trinajstić information content (AvgIpc) is 3.24. The Labute approximate surface area is 180 Å². The van der Waals surface area contributed by atoms with Crippen LogP contribution in [-0.2, 0) is 0 Å². The molecule has 0 bridgehead atoms. The van der Waals surface area contributed by atoms with E-state index in [0.29, 0.717) is 27.8 Å². The molecule has 4 rings (SSSR count). The number of carbonyl (C=O) groups is 1. The van der Waals surface area contributed by atoms with Gasteiger partial charge in [0.2, 0.25) is 0 Å². The molecule has 0 atom stereocenters. The van der Waals surface area contributed by atoms with E-state index in [4.69, 9.17) is 5.73 Å². The summed E-state index contributed by atoms with van der Waals surface area (Å²) in [6.07, 6.45) is 3.00. The van der Waals surface area contributed by atoms with Crippen LogP contribution < -0.4 is 16.4 Å². The molecule has 0 saturated carbocycles. The van der Waals surface area contributed by atoms with Crippen molar-refractivity contribution >= 4 is 40.2 Å². The molecule has 31 heavy (non-hydrogen) atoms. The number of hydrogen-bond acceptors (Lipinski definition) is 8. The predicted molar refractivity (Wildman–Crippen MR) is 119 cm³/mol. The fraction of sp³-hybridized carbons (Fsp3) is 0. The van der Waals surface area contributed by atoms with Crippen molar-refractivity contribution in [1.29, 1.82) is 0 Å². The second-order valence-electron chi connectivity index (χ2n) is 6.32. The number of nitrogens with two attached hydrogens (primary N) is 1. The molecule has 4 aromatic rings. The summed E-state index contributed by atoms with van der Waals surface area (Å²) in [7, 11) is 0. The van der Waals surface area contributed by atoms with Gasteiger partial charge in [-0.15, -0.1) is 11.3 Å². The van der Waals surface area contributed by atoms with E-state index >= 15 is 0 Å². The molecular formula is C20H15N7O3S. The summed E-state index contributed by atoms with van der Waals surface area (Å²) in [6.45, 7) is 0. The molecule has 0 radical (unpaired) electrons. The second kappa shape index (κ2) is 8.55. The summed E-state index contributed by atoms with van der Waals surface area (Å²) in [5, 5.41) is 18.7. The number of aromatic nitrogens is 3. The minimum Gasteiger partial charge on any atom is -0.383 e. The maximum atomic E-state index is 12.3. The lowest BCUT2D eigenvalue weighted by atomic mass is 10.1. The van der Waals surface area contributed by atoms with Crippen molar-refractivity contribution in [3.05, 3.63) is 76.5 Å². The van der Waals surface area contributed by atoms with Crippen molar-refractivity contribution < 1.29 is 9.72 Å². The first kappa shape index (κ1) is 19.9. The van der Waals surface area contributed by atoms with Crippen LogP contribution in [0.5, 0.6) is 0 Å². The van der Waals surface area contributed by atoms with Gasteiger partial charge in [0, 0.05) is 40.6 Å². The Bertz CT molecular complexity index is 1260. The van der Waals surface area contributed by atoms with Crippen LogP contribution in [0.2, 0.25) is 0 Å². The quantitative estimate of drug-likeness (QED) is 0.312. The Morgan fingerprint density at radius 3 is 2.61 bits per heavy atom. The Balaban J connectivity index is 1.47. The number of nitrogen functional groups attached to an aromatic ring is 1. The molecule has 11 heteroatoms. The molecule has 2 aromatic carbocycles. The van der Waals surface area contributed by atoms with Crippen molar-refractivity contribution in [3.8, 4) is 21.8 Å². The molecule has 0 unspecified atom stereocenters.